The second kappa shape index (κ2) is 11.2. The molecule has 0 bridgehead atoms. The maximum absolute atomic E-state index is 12.5. The molecule has 0 aromatic heterocycles. The standard InChI is InChI=1S/C25H18Cl2N2O4/c1-32-25(31)18-5-7-20(8-6-18)29-24(30)19(14-28)12-16-2-9-21(10-3-16)33-15-17-4-11-22(26)23(27)13-17/h2-13H,15H2,1H3,(H,29,30)/b19-12+. The second-order valence-corrected chi connectivity index (χ2v) is 7.61. The van der Waals surface area contributed by atoms with Crippen molar-refractivity contribution in [2.45, 2.75) is 6.61 Å². The minimum Gasteiger partial charge on any atom is -0.489 e. The van der Waals surface area contributed by atoms with Crippen molar-refractivity contribution in [2.75, 3.05) is 12.4 Å². The van der Waals surface area contributed by atoms with Crippen LogP contribution in [0.4, 0.5) is 5.69 Å². The number of nitriles is 1. The van der Waals surface area contributed by atoms with E-state index < -0.39 is 11.9 Å². The molecule has 3 aromatic rings. The van der Waals surface area contributed by atoms with E-state index in [1.807, 2.05) is 12.1 Å². The number of nitrogens with one attached hydrogen (secondary N) is 1. The van der Waals surface area contributed by atoms with E-state index in [0.29, 0.717) is 39.2 Å². The molecule has 33 heavy (non-hydrogen) atoms. The van der Waals surface area contributed by atoms with Gasteiger partial charge in [0.05, 0.1) is 22.7 Å². The maximum atomic E-state index is 12.5. The average molecular weight is 481 g/mol. The molecule has 166 valence electrons. The highest BCUT2D eigenvalue weighted by molar-refractivity contribution is 6.42. The lowest BCUT2D eigenvalue weighted by atomic mass is 10.1. The van der Waals surface area contributed by atoms with Crippen molar-refractivity contribution in [3.63, 3.8) is 0 Å². The summed E-state index contributed by atoms with van der Waals surface area (Å²) in [6.45, 7) is 0.312. The van der Waals surface area contributed by atoms with Gasteiger partial charge in [-0.25, -0.2) is 4.79 Å². The number of benzene rings is 3. The first-order valence-corrected chi connectivity index (χ1v) is 10.4. The summed E-state index contributed by atoms with van der Waals surface area (Å²) in [7, 11) is 1.29. The molecule has 3 rings (SSSR count). The largest absolute Gasteiger partial charge is 0.489 e. The zero-order valence-corrected chi connectivity index (χ0v) is 19.0. The molecule has 0 atom stereocenters. The van der Waals surface area contributed by atoms with Gasteiger partial charge in [0, 0.05) is 5.69 Å². The number of ether oxygens (including phenoxy) is 2. The van der Waals surface area contributed by atoms with E-state index in [0.717, 1.165) is 5.56 Å². The summed E-state index contributed by atoms with van der Waals surface area (Å²) in [4.78, 5) is 23.9. The molecule has 1 amide bonds. The lowest BCUT2D eigenvalue weighted by Crippen LogP contribution is -2.13. The summed E-state index contributed by atoms with van der Waals surface area (Å²) < 4.78 is 10.4. The highest BCUT2D eigenvalue weighted by atomic mass is 35.5. The van der Waals surface area contributed by atoms with Gasteiger partial charge >= 0.3 is 5.97 Å². The number of anilines is 1. The van der Waals surface area contributed by atoms with Gasteiger partial charge in [-0.3, -0.25) is 4.79 Å². The van der Waals surface area contributed by atoms with Crippen LogP contribution in [0.25, 0.3) is 6.08 Å². The minimum atomic E-state index is -0.566. The Balaban J connectivity index is 1.63. The van der Waals surface area contributed by atoms with E-state index in [1.54, 1.807) is 48.5 Å². The van der Waals surface area contributed by atoms with Crippen LogP contribution in [-0.4, -0.2) is 19.0 Å². The number of halogens is 2. The van der Waals surface area contributed by atoms with Crippen LogP contribution in [0.1, 0.15) is 21.5 Å². The zero-order chi connectivity index (χ0) is 23.8. The molecule has 0 unspecified atom stereocenters. The number of esters is 1. The molecular weight excluding hydrogens is 463 g/mol. The molecule has 0 fully saturated rings. The zero-order valence-electron chi connectivity index (χ0n) is 17.5. The molecule has 0 saturated heterocycles. The first-order chi connectivity index (χ1) is 15.9. The van der Waals surface area contributed by atoms with Gasteiger partial charge in [0.2, 0.25) is 0 Å². The molecule has 6 nitrogen and oxygen atoms in total. The van der Waals surface area contributed by atoms with Gasteiger partial charge in [0.15, 0.2) is 0 Å². The normalized spacial score (nSPS) is 10.8. The van der Waals surface area contributed by atoms with E-state index in [4.69, 9.17) is 27.9 Å². The van der Waals surface area contributed by atoms with Crippen molar-refractivity contribution in [3.05, 3.63) is 99.0 Å². The summed E-state index contributed by atoms with van der Waals surface area (Å²) in [6, 6.07) is 20.3. The Labute approximate surface area is 201 Å². The third kappa shape index (κ3) is 6.59. The number of hydrogen-bond donors (Lipinski definition) is 1. The number of carbonyl (C=O) groups excluding carboxylic acids is 2. The van der Waals surface area contributed by atoms with E-state index in [9.17, 15) is 14.9 Å². The molecule has 3 aromatic carbocycles. The number of methoxy groups -OCH3 is 1. The van der Waals surface area contributed by atoms with Crippen LogP contribution in [0.15, 0.2) is 72.3 Å². The fourth-order valence-corrected chi connectivity index (χ4v) is 3.10. The highest BCUT2D eigenvalue weighted by Crippen LogP contribution is 2.24. The lowest BCUT2D eigenvalue weighted by molar-refractivity contribution is -0.112. The first-order valence-electron chi connectivity index (χ1n) is 9.68. The number of carbonyl (C=O) groups is 2. The monoisotopic (exact) mass is 480 g/mol. The molecule has 1 N–H and O–H groups in total. The van der Waals surface area contributed by atoms with E-state index in [-0.39, 0.29) is 5.57 Å². The van der Waals surface area contributed by atoms with Crippen LogP contribution in [0.2, 0.25) is 10.0 Å². The summed E-state index contributed by atoms with van der Waals surface area (Å²) in [6.07, 6.45) is 1.47. The Hall–Kier alpha value is -3.79. The Morgan fingerprint density at radius 1 is 1.00 bits per heavy atom. The molecular formula is C25H18Cl2N2O4. The quantitative estimate of drug-likeness (QED) is 0.258. The van der Waals surface area contributed by atoms with E-state index in [2.05, 4.69) is 10.1 Å². The Bertz CT molecular complexity index is 1230. The van der Waals surface area contributed by atoms with Crippen molar-refractivity contribution < 1.29 is 19.1 Å². The molecule has 0 heterocycles. The van der Waals surface area contributed by atoms with Crippen molar-refractivity contribution in [1.29, 1.82) is 5.26 Å². The Morgan fingerprint density at radius 2 is 1.70 bits per heavy atom. The van der Waals surface area contributed by atoms with Crippen molar-refractivity contribution in [2.24, 2.45) is 0 Å². The fourth-order valence-electron chi connectivity index (χ4n) is 2.78. The molecule has 0 aliphatic heterocycles. The summed E-state index contributed by atoms with van der Waals surface area (Å²) in [5.41, 5.74) is 2.26. The van der Waals surface area contributed by atoms with Crippen LogP contribution < -0.4 is 10.1 Å². The van der Waals surface area contributed by atoms with Gasteiger partial charge in [-0.15, -0.1) is 0 Å². The van der Waals surface area contributed by atoms with Crippen molar-refractivity contribution in [1.82, 2.24) is 0 Å². The molecule has 0 aliphatic rings. The van der Waals surface area contributed by atoms with Crippen LogP contribution in [0.5, 0.6) is 5.75 Å². The second-order valence-electron chi connectivity index (χ2n) is 6.80. The van der Waals surface area contributed by atoms with Gasteiger partial charge in [0.25, 0.3) is 5.91 Å². The Kier molecular flexibility index (Phi) is 8.09. The van der Waals surface area contributed by atoms with Crippen LogP contribution >= 0.6 is 23.2 Å². The smallest absolute Gasteiger partial charge is 0.337 e. The van der Waals surface area contributed by atoms with Crippen molar-refractivity contribution >= 4 is 46.8 Å². The predicted molar refractivity (Wildman–Crippen MR) is 127 cm³/mol. The van der Waals surface area contributed by atoms with Gasteiger partial charge in [-0.1, -0.05) is 41.4 Å². The van der Waals surface area contributed by atoms with E-state index >= 15 is 0 Å². The van der Waals surface area contributed by atoms with Gasteiger partial charge in [0.1, 0.15) is 24.0 Å². The third-order valence-electron chi connectivity index (χ3n) is 4.51. The molecule has 0 aliphatic carbocycles. The van der Waals surface area contributed by atoms with Crippen LogP contribution in [0, 0.1) is 11.3 Å². The maximum Gasteiger partial charge on any atom is 0.337 e. The third-order valence-corrected chi connectivity index (χ3v) is 5.25. The van der Waals surface area contributed by atoms with Gasteiger partial charge in [-0.2, -0.15) is 5.26 Å². The molecule has 8 heteroatoms. The number of amides is 1. The molecule has 0 radical (unpaired) electrons. The fraction of sp³-hybridized carbons (Fsp3) is 0.0800. The summed E-state index contributed by atoms with van der Waals surface area (Å²) >= 11 is 11.9. The van der Waals surface area contributed by atoms with E-state index in [1.165, 1.54) is 25.3 Å². The average Bonchev–Trinajstić information content (AvgIpc) is 2.84. The van der Waals surface area contributed by atoms with Gasteiger partial charge in [-0.05, 0) is 65.7 Å². The van der Waals surface area contributed by atoms with Gasteiger partial charge < -0.3 is 14.8 Å². The Morgan fingerprint density at radius 3 is 2.30 bits per heavy atom. The number of hydrogen-bond acceptors (Lipinski definition) is 5. The number of rotatable bonds is 7. The predicted octanol–water partition coefficient (Wildman–Crippen LogP) is 5.90. The molecule has 0 saturated carbocycles. The van der Waals surface area contributed by atoms with Crippen molar-refractivity contribution in [3.8, 4) is 11.8 Å². The highest BCUT2D eigenvalue weighted by Gasteiger charge is 2.11. The summed E-state index contributed by atoms with van der Waals surface area (Å²) in [5, 5.41) is 13.0. The first kappa shape index (κ1) is 23.9. The van der Waals surface area contributed by atoms with Crippen LogP contribution in [0.3, 0.4) is 0 Å². The van der Waals surface area contributed by atoms with Crippen LogP contribution in [-0.2, 0) is 16.1 Å². The topological polar surface area (TPSA) is 88.4 Å². The lowest BCUT2D eigenvalue weighted by Gasteiger charge is -2.08. The summed E-state index contributed by atoms with van der Waals surface area (Å²) in [5.74, 6) is -0.426. The minimum absolute atomic E-state index is 0.0727. The SMILES string of the molecule is COC(=O)c1ccc(NC(=O)/C(C#N)=C/c2ccc(OCc3ccc(Cl)c(Cl)c3)cc2)cc1. The molecule has 0 spiro atoms. The number of nitrogens with zero attached hydrogens (tertiary/aromatic N) is 1.